The van der Waals surface area contributed by atoms with Gasteiger partial charge in [-0.05, 0) is 0 Å². The molecule has 1 aromatic heterocycles. The Labute approximate surface area is 56.9 Å². The molecule has 1 aromatic rings. The Kier molecular flexibility index (Phi) is 8.44. The van der Waals surface area contributed by atoms with Crippen LogP contribution in [0, 0.1) is 13.6 Å². The minimum Gasteiger partial charge on any atom is -0.484 e. The third-order valence-corrected chi connectivity index (χ3v) is 0.442. The van der Waals surface area contributed by atoms with Gasteiger partial charge in [-0.15, -0.1) is 6.20 Å². The van der Waals surface area contributed by atoms with Crippen molar-refractivity contribution in [2.24, 2.45) is 0 Å². The van der Waals surface area contributed by atoms with E-state index >= 15 is 0 Å². The van der Waals surface area contributed by atoms with Gasteiger partial charge in [0, 0.05) is 0 Å². The minimum atomic E-state index is 0. The standard InChI is InChI=1S/C4H4N.CH3.Rh.2H/c1-2-4-5-3-1;;;;/h1-3,5H;1H3;;;/q2*-1;;;. The first kappa shape index (κ1) is 10.0. The molecule has 0 saturated carbocycles. The monoisotopic (exact) mass is 186 g/mol. The number of nitrogens with one attached hydrogen (secondary N) is 1. The van der Waals surface area contributed by atoms with Crippen LogP contribution in [0.2, 0.25) is 0 Å². The smallest absolute Gasteiger partial charge is 0.108 e. The van der Waals surface area contributed by atoms with Crippen LogP contribution in [-0.2, 0) is 19.5 Å². The second-order valence-electron chi connectivity index (χ2n) is 0.814. The average Bonchev–Trinajstić information content (AvgIpc) is 1.76. The van der Waals surface area contributed by atoms with Crippen molar-refractivity contribution in [3.63, 3.8) is 0 Å². The molecular formula is C5H9NRh-2. The second-order valence-corrected chi connectivity index (χ2v) is 0.814. The second kappa shape index (κ2) is 5.90. The molecule has 0 atom stereocenters. The summed E-state index contributed by atoms with van der Waals surface area (Å²) in [4.78, 5) is 2.74. The molecule has 0 aliphatic rings. The summed E-state index contributed by atoms with van der Waals surface area (Å²) in [7, 11) is 0. The van der Waals surface area contributed by atoms with E-state index in [4.69, 9.17) is 0 Å². The van der Waals surface area contributed by atoms with Gasteiger partial charge in [-0.1, -0.05) is 0 Å². The van der Waals surface area contributed by atoms with E-state index in [0.29, 0.717) is 0 Å². The van der Waals surface area contributed by atoms with Crippen LogP contribution >= 0.6 is 0 Å². The molecule has 0 saturated heterocycles. The molecule has 1 nitrogen and oxygen atoms in total. The molecule has 0 amide bonds. The number of aromatic amines is 1. The molecule has 0 unspecified atom stereocenters. The van der Waals surface area contributed by atoms with Gasteiger partial charge >= 0.3 is 19.5 Å². The Morgan fingerprint density at radius 3 is 2.29 bits per heavy atom. The molecule has 0 spiro atoms. The predicted octanol–water partition coefficient (Wildman–Crippen LogP) is 0.727. The summed E-state index contributed by atoms with van der Waals surface area (Å²) >= 11 is 0. The van der Waals surface area contributed by atoms with Crippen LogP contribution in [0.4, 0.5) is 0 Å². The third kappa shape index (κ3) is 3.74. The molecule has 1 N–H and O–H groups in total. The molecule has 1 rings (SSSR count). The maximum Gasteiger partial charge on any atom is -0.108 e. The topological polar surface area (TPSA) is 15.8 Å². The minimum absolute atomic E-state index is 0. The molecule has 1 heterocycles. The molecule has 7 heavy (non-hydrogen) atoms. The van der Waals surface area contributed by atoms with Crippen LogP contribution < -0.4 is 0 Å². The molecule has 0 fully saturated rings. The number of hydrogen-bond acceptors (Lipinski definition) is 0. The van der Waals surface area contributed by atoms with E-state index in [-0.39, 0.29) is 26.9 Å². The zero-order valence-electron chi connectivity index (χ0n) is 4.11. The fourth-order valence-corrected chi connectivity index (χ4v) is 0.241. The van der Waals surface area contributed by atoms with Gasteiger partial charge in [0.15, 0.2) is 0 Å². The van der Waals surface area contributed by atoms with Gasteiger partial charge in [-0.25, -0.2) is 0 Å². The van der Waals surface area contributed by atoms with Crippen molar-refractivity contribution in [2.75, 3.05) is 0 Å². The van der Waals surface area contributed by atoms with Gasteiger partial charge in [-0.3, -0.25) is 0 Å². The fourth-order valence-electron chi connectivity index (χ4n) is 0.241. The van der Waals surface area contributed by atoms with E-state index in [9.17, 15) is 0 Å². The summed E-state index contributed by atoms with van der Waals surface area (Å²) in [5.41, 5.74) is 0. The van der Waals surface area contributed by atoms with Crippen molar-refractivity contribution in [1.29, 1.82) is 0 Å². The normalized spacial score (nSPS) is 5.71. The van der Waals surface area contributed by atoms with E-state index in [1.54, 1.807) is 0 Å². The summed E-state index contributed by atoms with van der Waals surface area (Å²) in [6.07, 6.45) is 4.56. The van der Waals surface area contributed by atoms with Crippen molar-refractivity contribution in [3.8, 4) is 0 Å². The van der Waals surface area contributed by atoms with Gasteiger partial charge in [0.25, 0.3) is 0 Å². The van der Waals surface area contributed by atoms with E-state index < -0.39 is 0 Å². The van der Waals surface area contributed by atoms with Gasteiger partial charge in [0.1, 0.15) is 0 Å². The van der Waals surface area contributed by atoms with E-state index in [0.717, 1.165) is 0 Å². The van der Waals surface area contributed by atoms with Crippen LogP contribution in [0.1, 0.15) is 0 Å². The molecule has 45 valence electrons. The fraction of sp³-hybridized carbons (Fsp3) is 0. The molecular weight excluding hydrogens is 177 g/mol. The summed E-state index contributed by atoms with van der Waals surface area (Å²) in [5.74, 6) is 0. The Hall–Kier alpha value is -0.0966. The van der Waals surface area contributed by atoms with Gasteiger partial charge in [0.05, 0.1) is 0 Å². The first-order valence-electron chi connectivity index (χ1n) is 1.49. The summed E-state index contributed by atoms with van der Waals surface area (Å²) < 4.78 is 0. The van der Waals surface area contributed by atoms with Crippen molar-refractivity contribution >= 4 is 0 Å². The molecule has 0 bridgehead atoms. The molecule has 0 aliphatic heterocycles. The van der Waals surface area contributed by atoms with Gasteiger partial charge < -0.3 is 12.4 Å². The predicted molar refractivity (Wildman–Crippen MR) is 28.8 cm³/mol. The first-order chi connectivity index (χ1) is 2.50. The van der Waals surface area contributed by atoms with Gasteiger partial charge in [0.2, 0.25) is 0 Å². The number of H-pyrrole nitrogens is 1. The summed E-state index contributed by atoms with van der Waals surface area (Å²) in [6, 6.07) is 3.71. The largest absolute Gasteiger partial charge is 0.484 e. The number of hydrogen-bond donors (Lipinski definition) is 1. The zero-order chi connectivity index (χ0) is 3.54. The van der Waals surface area contributed by atoms with Crippen LogP contribution in [0.5, 0.6) is 0 Å². The Morgan fingerprint density at radius 2 is 2.14 bits per heavy atom. The van der Waals surface area contributed by atoms with Crippen molar-refractivity contribution in [3.05, 3.63) is 32.0 Å². The van der Waals surface area contributed by atoms with Crippen LogP contribution in [0.15, 0.2) is 18.3 Å². The van der Waals surface area contributed by atoms with E-state index in [1.807, 2.05) is 18.3 Å². The van der Waals surface area contributed by atoms with E-state index in [1.165, 1.54) is 0 Å². The third-order valence-electron chi connectivity index (χ3n) is 0.442. The molecule has 0 aliphatic carbocycles. The van der Waals surface area contributed by atoms with E-state index in [2.05, 4.69) is 11.2 Å². The van der Waals surface area contributed by atoms with Crippen LogP contribution in [0.3, 0.4) is 0 Å². The van der Waals surface area contributed by atoms with Crippen LogP contribution in [-0.4, -0.2) is 4.98 Å². The number of rotatable bonds is 0. The van der Waals surface area contributed by atoms with Crippen molar-refractivity contribution in [2.45, 2.75) is 0 Å². The zero-order valence-corrected chi connectivity index (χ0v) is 5.97. The number of aromatic nitrogens is 1. The Morgan fingerprint density at radius 1 is 1.43 bits per heavy atom. The summed E-state index contributed by atoms with van der Waals surface area (Å²) in [6.45, 7) is 0. The average molecular weight is 186 g/mol. The quantitative estimate of drug-likeness (QED) is 0.454. The molecule has 1 radical (unpaired) electrons. The molecule has 2 heteroatoms. The van der Waals surface area contributed by atoms with Crippen molar-refractivity contribution < 1.29 is 19.5 Å². The van der Waals surface area contributed by atoms with Gasteiger partial charge in [-0.2, -0.15) is 18.3 Å². The Balaban J connectivity index is 0. The molecule has 0 aromatic carbocycles. The maximum atomic E-state index is 2.74. The van der Waals surface area contributed by atoms with Crippen LogP contribution in [0.25, 0.3) is 0 Å². The summed E-state index contributed by atoms with van der Waals surface area (Å²) in [5, 5.41) is 0. The SMILES string of the molecule is [CH3-].[RhH2].[c-]1ccc[nH]1. The van der Waals surface area contributed by atoms with Crippen molar-refractivity contribution in [1.82, 2.24) is 4.98 Å². The maximum absolute atomic E-state index is 2.74. The Bertz CT molecular complexity index is 64.6. The first-order valence-corrected chi connectivity index (χ1v) is 1.49.